The molecule has 2 aliphatic carbocycles. The number of hydrazone groups is 1. The number of hydrogen-bond donors (Lipinski definition) is 1. The molecule has 0 heterocycles. The summed E-state index contributed by atoms with van der Waals surface area (Å²) in [5.41, 5.74) is 3.28. The first kappa shape index (κ1) is 13.0. The molecule has 0 saturated heterocycles. The van der Waals surface area contributed by atoms with Gasteiger partial charge < -0.3 is 0 Å². The zero-order valence-corrected chi connectivity index (χ0v) is 12.3. The van der Waals surface area contributed by atoms with Crippen LogP contribution < -0.4 is 5.43 Å². The number of ketones is 1. The van der Waals surface area contributed by atoms with Crippen LogP contribution in [0.4, 0.5) is 0 Å². The number of carbonyl (C=O) groups is 1. The third-order valence-electron chi connectivity index (χ3n) is 4.74. The molecule has 0 radical (unpaired) electrons. The Morgan fingerprint density at radius 1 is 1.53 bits per heavy atom. The number of rotatable bonds is 1. The second-order valence-electron chi connectivity index (χ2n) is 5.57. The molecular weight excluding hydrogens is 252 g/mol. The van der Waals surface area contributed by atoms with Gasteiger partial charge in [0.2, 0.25) is 0 Å². The lowest BCUT2D eigenvalue weighted by Crippen LogP contribution is -2.34. The van der Waals surface area contributed by atoms with Crippen molar-refractivity contribution in [2.75, 3.05) is 6.26 Å². The quantitative estimate of drug-likeness (QED) is 0.587. The SMILES string of the molecule is CSC(=S)NN=C1C(=O)[C@@]2(C)CC[C@H]1C2(C)C. The first-order valence-corrected chi connectivity index (χ1v) is 7.44. The zero-order chi connectivity index (χ0) is 12.8. The van der Waals surface area contributed by atoms with Crippen LogP contribution in [0, 0.1) is 16.7 Å². The maximum atomic E-state index is 12.4. The van der Waals surface area contributed by atoms with E-state index in [4.69, 9.17) is 12.2 Å². The van der Waals surface area contributed by atoms with Crippen molar-refractivity contribution < 1.29 is 4.79 Å². The Labute approximate surface area is 112 Å². The number of carbonyl (C=O) groups excluding carboxylic acids is 1. The van der Waals surface area contributed by atoms with Crippen LogP contribution in [0.1, 0.15) is 33.6 Å². The van der Waals surface area contributed by atoms with Crippen molar-refractivity contribution >= 4 is 39.8 Å². The summed E-state index contributed by atoms with van der Waals surface area (Å²) in [6.07, 6.45) is 3.93. The number of fused-ring (bicyclic) bond motifs is 2. The summed E-state index contributed by atoms with van der Waals surface area (Å²) in [6, 6.07) is 0. The van der Waals surface area contributed by atoms with E-state index in [1.807, 2.05) is 6.26 Å². The minimum Gasteiger partial charge on any atom is -0.292 e. The molecule has 2 bridgehead atoms. The average molecular weight is 270 g/mol. The minimum absolute atomic E-state index is 0.0194. The van der Waals surface area contributed by atoms with Crippen LogP contribution in [-0.2, 0) is 4.79 Å². The molecule has 2 atom stereocenters. The van der Waals surface area contributed by atoms with Gasteiger partial charge in [-0.2, -0.15) is 5.10 Å². The van der Waals surface area contributed by atoms with Crippen molar-refractivity contribution in [2.45, 2.75) is 33.6 Å². The van der Waals surface area contributed by atoms with E-state index in [-0.39, 0.29) is 22.5 Å². The van der Waals surface area contributed by atoms with Crippen LogP contribution in [0.25, 0.3) is 0 Å². The molecule has 0 unspecified atom stereocenters. The molecule has 3 nitrogen and oxygen atoms in total. The maximum Gasteiger partial charge on any atom is 0.185 e. The standard InChI is InChI=1S/C12H18N2OS2/c1-11(2)7-5-6-12(11,3)9(15)8(7)13-14-10(16)17-4/h7H,5-6H2,1-4H3,(H,14,16)/t7-,12-/m1/s1. The molecule has 17 heavy (non-hydrogen) atoms. The number of Topliss-reactive ketones (excluding diaryl/α,β-unsaturated/α-hetero) is 1. The predicted molar refractivity (Wildman–Crippen MR) is 76.3 cm³/mol. The predicted octanol–water partition coefficient (Wildman–Crippen LogP) is 2.61. The van der Waals surface area contributed by atoms with Crippen LogP contribution >= 0.6 is 24.0 Å². The molecule has 2 rings (SSSR count). The van der Waals surface area contributed by atoms with Gasteiger partial charge in [0.15, 0.2) is 10.1 Å². The van der Waals surface area contributed by atoms with Gasteiger partial charge in [0, 0.05) is 11.3 Å². The molecule has 2 saturated carbocycles. The van der Waals surface area contributed by atoms with Crippen LogP contribution in [0.2, 0.25) is 0 Å². The summed E-state index contributed by atoms with van der Waals surface area (Å²) in [6.45, 7) is 6.43. The second-order valence-corrected chi connectivity index (χ2v) is 7.06. The van der Waals surface area contributed by atoms with Gasteiger partial charge in [0.05, 0.1) is 0 Å². The fraction of sp³-hybridized carbons (Fsp3) is 0.750. The number of nitrogens with one attached hydrogen (secondary N) is 1. The van der Waals surface area contributed by atoms with Crippen LogP contribution in [-0.4, -0.2) is 22.1 Å². The Hall–Kier alpha value is -0.420. The van der Waals surface area contributed by atoms with Crippen molar-refractivity contribution in [3.05, 3.63) is 0 Å². The van der Waals surface area contributed by atoms with E-state index in [1.165, 1.54) is 11.8 Å². The lowest BCUT2D eigenvalue weighted by Gasteiger charge is -2.31. The Bertz CT molecular complexity index is 417. The van der Waals surface area contributed by atoms with E-state index in [2.05, 4.69) is 31.3 Å². The van der Waals surface area contributed by atoms with Gasteiger partial charge in [-0.15, -0.1) is 0 Å². The normalized spacial score (nSPS) is 36.6. The summed E-state index contributed by atoms with van der Waals surface area (Å²) in [4.78, 5) is 12.4. The van der Waals surface area contributed by atoms with Gasteiger partial charge in [0.25, 0.3) is 0 Å². The van der Waals surface area contributed by atoms with Crippen LogP contribution in [0.3, 0.4) is 0 Å². The summed E-state index contributed by atoms with van der Waals surface area (Å²) >= 11 is 6.46. The largest absolute Gasteiger partial charge is 0.292 e. The first-order valence-electron chi connectivity index (χ1n) is 5.81. The van der Waals surface area contributed by atoms with E-state index in [1.54, 1.807) is 0 Å². The highest BCUT2D eigenvalue weighted by Gasteiger charge is 2.65. The molecule has 0 spiro atoms. The lowest BCUT2D eigenvalue weighted by molar-refractivity contribution is -0.123. The molecule has 2 aliphatic rings. The summed E-state index contributed by atoms with van der Waals surface area (Å²) in [7, 11) is 0. The molecule has 0 aromatic carbocycles. The van der Waals surface area contributed by atoms with Gasteiger partial charge in [0.1, 0.15) is 5.71 Å². The summed E-state index contributed by atoms with van der Waals surface area (Å²) in [5.74, 6) is 0.479. The van der Waals surface area contributed by atoms with Gasteiger partial charge in [-0.05, 0) is 24.5 Å². The number of nitrogens with zero attached hydrogens (tertiary/aromatic N) is 1. The third-order valence-corrected chi connectivity index (χ3v) is 5.80. The van der Waals surface area contributed by atoms with Crippen LogP contribution in [0.5, 0.6) is 0 Å². The number of thioether (sulfide) groups is 1. The number of hydrogen-bond acceptors (Lipinski definition) is 4. The van der Waals surface area contributed by atoms with Gasteiger partial charge in [-0.25, -0.2) is 0 Å². The monoisotopic (exact) mass is 270 g/mol. The van der Waals surface area contributed by atoms with Crippen molar-refractivity contribution in [3.8, 4) is 0 Å². The minimum atomic E-state index is -0.237. The van der Waals surface area contributed by atoms with E-state index in [0.29, 0.717) is 10.0 Å². The Kier molecular flexibility index (Phi) is 3.11. The molecule has 2 fully saturated rings. The van der Waals surface area contributed by atoms with Crippen molar-refractivity contribution in [3.63, 3.8) is 0 Å². The number of thiocarbonyl (C=S) groups is 1. The highest BCUT2D eigenvalue weighted by Crippen LogP contribution is 2.62. The van der Waals surface area contributed by atoms with Gasteiger partial charge in [-0.3, -0.25) is 10.2 Å². The molecule has 0 aromatic heterocycles. The molecule has 1 N–H and O–H groups in total. The summed E-state index contributed by atoms with van der Waals surface area (Å²) < 4.78 is 0.607. The highest BCUT2D eigenvalue weighted by molar-refractivity contribution is 8.22. The van der Waals surface area contributed by atoms with E-state index in [9.17, 15) is 4.79 Å². The third kappa shape index (κ3) is 1.66. The Morgan fingerprint density at radius 2 is 2.18 bits per heavy atom. The van der Waals surface area contributed by atoms with E-state index in [0.717, 1.165) is 12.8 Å². The van der Waals surface area contributed by atoms with E-state index < -0.39 is 0 Å². The first-order chi connectivity index (χ1) is 7.84. The molecule has 0 aromatic rings. The van der Waals surface area contributed by atoms with Crippen LogP contribution in [0.15, 0.2) is 5.10 Å². The van der Waals surface area contributed by atoms with Crippen molar-refractivity contribution in [1.29, 1.82) is 0 Å². The zero-order valence-electron chi connectivity index (χ0n) is 10.7. The molecule has 5 heteroatoms. The average Bonchev–Trinajstić information content (AvgIpc) is 2.59. The van der Waals surface area contributed by atoms with Gasteiger partial charge >= 0.3 is 0 Å². The van der Waals surface area contributed by atoms with Gasteiger partial charge in [-0.1, -0.05) is 44.8 Å². The molecule has 94 valence electrons. The fourth-order valence-electron chi connectivity index (χ4n) is 3.11. The second kappa shape index (κ2) is 4.05. The van der Waals surface area contributed by atoms with E-state index >= 15 is 0 Å². The molecule has 0 aliphatic heterocycles. The fourth-order valence-corrected chi connectivity index (χ4v) is 3.29. The highest BCUT2D eigenvalue weighted by atomic mass is 32.2. The van der Waals surface area contributed by atoms with Crippen molar-refractivity contribution in [2.24, 2.45) is 21.8 Å². The smallest absolute Gasteiger partial charge is 0.185 e. The molecule has 0 amide bonds. The summed E-state index contributed by atoms with van der Waals surface area (Å²) in [5, 5.41) is 4.25. The molecular formula is C12H18N2OS2. The topological polar surface area (TPSA) is 41.5 Å². The lowest BCUT2D eigenvalue weighted by atomic mass is 9.70. The van der Waals surface area contributed by atoms with Crippen molar-refractivity contribution in [1.82, 2.24) is 5.43 Å². The Morgan fingerprint density at radius 3 is 2.65 bits per heavy atom. The Balaban J connectivity index is 2.29. The maximum absolute atomic E-state index is 12.4.